The summed E-state index contributed by atoms with van der Waals surface area (Å²) in [4.78, 5) is 37.3. The third kappa shape index (κ3) is 2.69. The SMILES string of the molecule is Cc1nc(CN2C[C@@H]3CN(C(=O)c4cccnc4)C[C@@H]3C2=O)cs1. The molecule has 2 aromatic rings. The molecule has 2 aliphatic heterocycles. The number of amides is 2. The molecule has 2 fully saturated rings. The Labute approximate surface area is 144 Å². The first-order valence-corrected chi connectivity index (χ1v) is 8.89. The number of aromatic nitrogens is 2. The van der Waals surface area contributed by atoms with Crippen molar-refractivity contribution in [2.24, 2.45) is 11.8 Å². The molecule has 0 radical (unpaired) electrons. The predicted octanol–water partition coefficient (Wildman–Crippen LogP) is 1.58. The minimum absolute atomic E-state index is 0.0352. The molecule has 2 aromatic heterocycles. The van der Waals surface area contributed by atoms with Gasteiger partial charge in [-0.25, -0.2) is 4.98 Å². The van der Waals surface area contributed by atoms with Crippen molar-refractivity contribution in [3.8, 4) is 0 Å². The second-order valence-electron chi connectivity index (χ2n) is 6.40. The number of aryl methyl sites for hydroxylation is 1. The van der Waals surface area contributed by atoms with Crippen molar-refractivity contribution < 1.29 is 9.59 Å². The molecule has 2 atom stereocenters. The summed E-state index contributed by atoms with van der Waals surface area (Å²) in [5, 5.41) is 3.03. The van der Waals surface area contributed by atoms with Crippen molar-refractivity contribution in [2.45, 2.75) is 13.5 Å². The van der Waals surface area contributed by atoms with Crippen molar-refractivity contribution in [1.82, 2.24) is 19.8 Å². The van der Waals surface area contributed by atoms with E-state index in [1.807, 2.05) is 17.2 Å². The van der Waals surface area contributed by atoms with Crippen LogP contribution in [0.3, 0.4) is 0 Å². The van der Waals surface area contributed by atoms with Crippen LogP contribution >= 0.6 is 11.3 Å². The fraction of sp³-hybridized carbons (Fsp3) is 0.412. The quantitative estimate of drug-likeness (QED) is 0.849. The van der Waals surface area contributed by atoms with Crippen molar-refractivity contribution in [2.75, 3.05) is 19.6 Å². The maximum absolute atomic E-state index is 12.7. The Morgan fingerprint density at radius 3 is 2.92 bits per heavy atom. The molecule has 0 aromatic carbocycles. The lowest BCUT2D eigenvalue weighted by Gasteiger charge is -2.21. The van der Waals surface area contributed by atoms with Crippen LogP contribution in [0, 0.1) is 18.8 Å². The maximum atomic E-state index is 12.7. The van der Waals surface area contributed by atoms with Gasteiger partial charge in [0.15, 0.2) is 0 Å². The first-order valence-electron chi connectivity index (χ1n) is 8.01. The molecule has 0 N–H and O–H groups in total. The van der Waals surface area contributed by atoms with E-state index in [1.165, 1.54) is 0 Å². The average molecular weight is 342 g/mol. The van der Waals surface area contributed by atoms with Gasteiger partial charge in [0.05, 0.1) is 28.7 Å². The van der Waals surface area contributed by atoms with E-state index in [0.717, 1.165) is 10.7 Å². The smallest absolute Gasteiger partial charge is 0.255 e. The van der Waals surface area contributed by atoms with Crippen LogP contribution in [0.5, 0.6) is 0 Å². The minimum atomic E-state index is -0.0784. The molecule has 0 bridgehead atoms. The van der Waals surface area contributed by atoms with Crippen LogP contribution in [0.2, 0.25) is 0 Å². The molecular weight excluding hydrogens is 324 g/mol. The number of fused-ring (bicyclic) bond motifs is 1. The Morgan fingerprint density at radius 1 is 1.38 bits per heavy atom. The fourth-order valence-electron chi connectivity index (χ4n) is 3.60. The number of carbonyl (C=O) groups excluding carboxylic acids is 2. The number of likely N-dealkylation sites (tertiary alicyclic amines) is 2. The Hall–Kier alpha value is -2.28. The number of carbonyl (C=O) groups is 2. The standard InChI is InChI=1S/C17H18N4O2S/c1-11-19-14(10-24-11)8-20-6-13-7-21(9-15(13)17(20)23)16(22)12-3-2-4-18-5-12/h2-5,10,13,15H,6-9H2,1H3/t13-,15+/m1/s1. The van der Waals surface area contributed by atoms with Gasteiger partial charge in [-0.2, -0.15) is 0 Å². The van der Waals surface area contributed by atoms with E-state index in [2.05, 4.69) is 9.97 Å². The Bertz CT molecular complexity index is 776. The van der Waals surface area contributed by atoms with Crippen molar-refractivity contribution in [3.05, 3.63) is 46.2 Å². The van der Waals surface area contributed by atoms with E-state index in [1.54, 1.807) is 40.8 Å². The summed E-state index contributed by atoms with van der Waals surface area (Å²) in [6.45, 7) is 4.39. The van der Waals surface area contributed by atoms with Gasteiger partial charge in [0, 0.05) is 43.3 Å². The molecule has 6 nitrogen and oxygen atoms in total. The molecule has 124 valence electrons. The van der Waals surface area contributed by atoms with Gasteiger partial charge in [0.2, 0.25) is 5.91 Å². The topological polar surface area (TPSA) is 66.4 Å². The molecule has 0 saturated carbocycles. The average Bonchev–Trinajstić information content (AvgIpc) is 3.26. The van der Waals surface area contributed by atoms with E-state index in [0.29, 0.717) is 31.7 Å². The van der Waals surface area contributed by atoms with E-state index >= 15 is 0 Å². The summed E-state index contributed by atoms with van der Waals surface area (Å²) in [5.41, 5.74) is 1.54. The summed E-state index contributed by atoms with van der Waals surface area (Å²) < 4.78 is 0. The molecular formula is C17H18N4O2S. The number of hydrogen-bond acceptors (Lipinski definition) is 5. The number of rotatable bonds is 3. The summed E-state index contributed by atoms with van der Waals surface area (Å²) in [7, 11) is 0. The maximum Gasteiger partial charge on any atom is 0.255 e. The van der Waals surface area contributed by atoms with Gasteiger partial charge >= 0.3 is 0 Å². The predicted molar refractivity (Wildman–Crippen MR) is 89.4 cm³/mol. The molecule has 7 heteroatoms. The molecule has 0 aliphatic carbocycles. The lowest BCUT2D eigenvalue weighted by atomic mass is 10.0. The van der Waals surface area contributed by atoms with Gasteiger partial charge in [-0.3, -0.25) is 14.6 Å². The summed E-state index contributed by atoms with van der Waals surface area (Å²) in [6, 6.07) is 3.52. The third-order valence-corrected chi connectivity index (χ3v) is 5.56. The highest BCUT2D eigenvalue weighted by atomic mass is 32.1. The number of pyridine rings is 1. The second-order valence-corrected chi connectivity index (χ2v) is 7.46. The van der Waals surface area contributed by atoms with Crippen LogP contribution in [-0.2, 0) is 11.3 Å². The van der Waals surface area contributed by atoms with Gasteiger partial charge in [0.25, 0.3) is 5.91 Å². The Balaban J connectivity index is 1.42. The van der Waals surface area contributed by atoms with Crippen LogP contribution in [0.1, 0.15) is 21.1 Å². The van der Waals surface area contributed by atoms with Crippen molar-refractivity contribution in [1.29, 1.82) is 0 Å². The summed E-state index contributed by atoms with van der Waals surface area (Å²) in [6.07, 6.45) is 3.23. The van der Waals surface area contributed by atoms with Gasteiger partial charge in [-0.1, -0.05) is 0 Å². The van der Waals surface area contributed by atoms with Crippen molar-refractivity contribution in [3.63, 3.8) is 0 Å². The largest absolute Gasteiger partial charge is 0.337 e. The zero-order valence-electron chi connectivity index (χ0n) is 13.4. The lowest BCUT2D eigenvalue weighted by molar-refractivity contribution is -0.131. The highest BCUT2D eigenvalue weighted by Crippen LogP contribution is 2.33. The molecule has 4 rings (SSSR count). The molecule has 24 heavy (non-hydrogen) atoms. The highest BCUT2D eigenvalue weighted by molar-refractivity contribution is 7.09. The molecule has 2 saturated heterocycles. The van der Waals surface area contributed by atoms with Gasteiger partial charge in [0.1, 0.15) is 0 Å². The van der Waals surface area contributed by atoms with E-state index < -0.39 is 0 Å². The number of nitrogens with zero attached hydrogens (tertiary/aromatic N) is 4. The molecule has 0 unspecified atom stereocenters. The lowest BCUT2D eigenvalue weighted by Crippen LogP contribution is -2.35. The normalized spacial score (nSPS) is 23.0. The number of hydrogen-bond donors (Lipinski definition) is 0. The first-order chi connectivity index (χ1) is 11.6. The minimum Gasteiger partial charge on any atom is -0.337 e. The van der Waals surface area contributed by atoms with Gasteiger partial charge in [-0.05, 0) is 19.1 Å². The third-order valence-electron chi connectivity index (χ3n) is 4.74. The van der Waals surface area contributed by atoms with Crippen LogP contribution in [0.25, 0.3) is 0 Å². The molecule has 0 spiro atoms. The fourth-order valence-corrected chi connectivity index (χ4v) is 4.20. The Morgan fingerprint density at radius 2 is 2.25 bits per heavy atom. The monoisotopic (exact) mass is 342 g/mol. The highest BCUT2D eigenvalue weighted by Gasteiger charge is 2.47. The molecule has 2 amide bonds. The number of thiazole rings is 1. The Kier molecular flexibility index (Phi) is 3.80. The summed E-state index contributed by atoms with van der Waals surface area (Å²) >= 11 is 1.60. The van der Waals surface area contributed by atoms with Crippen LogP contribution in [-0.4, -0.2) is 51.2 Å². The van der Waals surface area contributed by atoms with Crippen LogP contribution < -0.4 is 0 Å². The molecule has 2 aliphatic rings. The second kappa shape index (κ2) is 5.98. The van der Waals surface area contributed by atoms with Gasteiger partial charge < -0.3 is 9.80 Å². The van der Waals surface area contributed by atoms with Gasteiger partial charge in [-0.15, -0.1) is 11.3 Å². The van der Waals surface area contributed by atoms with E-state index in [9.17, 15) is 9.59 Å². The van der Waals surface area contributed by atoms with E-state index in [4.69, 9.17) is 0 Å². The zero-order valence-corrected chi connectivity index (χ0v) is 14.2. The zero-order chi connectivity index (χ0) is 16.7. The van der Waals surface area contributed by atoms with Crippen molar-refractivity contribution >= 4 is 23.2 Å². The van der Waals surface area contributed by atoms with Crippen LogP contribution in [0.15, 0.2) is 29.9 Å². The summed E-state index contributed by atoms with van der Waals surface area (Å²) in [5.74, 6) is 0.252. The van der Waals surface area contributed by atoms with Crippen LogP contribution in [0.4, 0.5) is 0 Å². The first kappa shape index (κ1) is 15.3. The molecule has 4 heterocycles. The van der Waals surface area contributed by atoms with E-state index in [-0.39, 0.29) is 23.7 Å².